The van der Waals surface area contributed by atoms with Gasteiger partial charge in [-0.3, -0.25) is 0 Å². The molecule has 0 saturated carbocycles. The lowest BCUT2D eigenvalue weighted by atomic mass is 10.6. The molecule has 0 aromatic carbocycles. The van der Waals surface area contributed by atoms with Gasteiger partial charge in [-0.25, -0.2) is 0 Å². The molecule has 0 radical (unpaired) electrons. The van der Waals surface area contributed by atoms with Gasteiger partial charge >= 0.3 is 11.9 Å². The van der Waals surface area contributed by atoms with Gasteiger partial charge in [0.05, 0.1) is 26.3 Å². The summed E-state index contributed by atoms with van der Waals surface area (Å²) in [6, 6.07) is 0. The molecule has 2 heterocycles. The van der Waals surface area contributed by atoms with Crippen LogP contribution in [0.1, 0.15) is 0 Å². The van der Waals surface area contributed by atoms with Gasteiger partial charge in [0.2, 0.25) is 12.7 Å². The number of rotatable bonds is 8. The van der Waals surface area contributed by atoms with E-state index in [1.165, 1.54) is 22.0 Å². The van der Waals surface area contributed by atoms with Crippen molar-refractivity contribution in [1.29, 1.82) is 0 Å². The highest BCUT2D eigenvalue weighted by Gasteiger charge is 2.13. The SMILES string of the molecule is O=[N+]([O-])c1ncn(CCOCCn2cnc([N+](=O)[O-])n2)n1. The lowest BCUT2D eigenvalue weighted by molar-refractivity contribution is -0.394. The summed E-state index contributed by atoms with van der Waals surface area (Å²) in [6.07, 6.45) is 2.48. The van der Waals surface area contributed by atoms with Gasteiger partial charge in [0.25, 0.3) is 0 Å². The first-order valence-corrected chi connectivity index (χ1v) is 5.71. The van der Waals surface area contributed by atoms with E-state index in [0.29, 0.717) is 13.1 Å². The maximum atomic E-state index is 10.4. The van der Waals surface area contributed by atoms with Crippen molar-refractivity contribution in [2.24, 2.45) is 0 Å². The molecule has 0 spiro atoms. The first kappa shape index (κ1) is 14.4. The Bertz CT molecular complexity index is 582. The average molecular weight is 298 g/mol. The molecule has 0 N–H and O–H groups in total. The summed E-state index contributed by atoms with van der Waals surface area (Å²) in [5, 5.41) is 28.0. The summed E-state index contributed by atoms with van der Waals surface area (Å²) in [5.41, 5.74) is 0. The maximum Gasteiger partial charge on any atom is 0.490 e. The molecule has 13 heteroatoms. The smallest absolute Gasteiger partial charge is 0.390 e. The van der Waals surface area contributed by atoms with Crippen molar-refractivity contribution in [2.45, 2.75) is 13.1 Å². The number of nitro groups is 2. The number of hydrogen-bond donors (Lipinski definition) is 0. The molecule has 0 unspecified atom stereocenters. The van der Waals surface area contributed by atoms with Crippen LogP contribution in [0.2, 0.25) is 0 Å². The van der Waals surface area contributed by atoms with Crippen LogP contribution in [0.25, 0.3) is 0 Å². The molecule has 2 aromatic rings. The molecule has 21 heavy (non-hydrogen) atoms. The van der Waals surface area contributed by atoms with E-state index in [2.05, 4.69) is 20.2 Å². The molecule has 0 fully saturated rings. The van der Waals surface area contributed by atoms with Crippen molar-refractivity contribution in [3.05, 3.63) is 32.9 Å². The molecule has 0 amide bonds. The molecule has 0 bridgehead atoms. The van der Waals surface area contributed by atoms with Crippen LogP contribution in [0.5, 0.6) is 0 Å². The fourth-order valence-electron chi connectivity index (χ4n) is 1.37. The predicted molar refractivity (Wildman–Crippen MR) is 64.2 cm³/mol. The van der Waals surface area contributed by atoms with Crippen molar-refractivity contribution < 1.29 is 14.6 Å². The van der Waals surface area contributed by atoms with Gasteiger partial charge in [0, 0.05) is 10.2 Å². The number of aromatic nitrogens is 6. The van der Waals surface area contributed by atoms with Gasteiger partial charge in [0.15, 0.2) is 0 Å². The molecule has 0 aliphatic heterocycles. The van der Waals surface area contributed by atoms with E-state index in [0.717, 1.165) is 0 Å². The normalized spacial score (nSPS) is 10.7. The van der Waals surface area contributed by atoms with Crippen LogP contribution in [-0.2, 0) is 17.8 Å². The number of ether oxygens (including phenoxy) is 1. The second-order valence-corrected chi connectivity index (χ2v) is 3.74. The van der Waals surface area contributed by atoms with Crippen LogP contribution < -0.4 is 0 Å². The molecule has 0 aliphatic rings. The van der Waals surface area contributed by atoms with Crippen molar-refractivity contribution in [3.63, 3.8) is 0 Å². The minimum atomic E-state index is -0.686. The topological polar surface area (TPSA) is 157 Å². The zero-order valence-electron chi connectivity index (χ0n) is 10.6. The monoisotopic (exact) mass is 298 g/mol. The van der Waals surface area contributed by atoms with Crippen LogP contribution >= 0.6 is 0 Å². The van der Waals surface area contributed by atoms with E-state index >= 15 is 0 Å². The van der Waals surface area contributed by atoms with Crippen molar-refractivity contribution in [1.82, 2.24) is 29.5 Å². The second-order valence-electron chi connectivity index (χ2n) is 3.74. The van der Waals surface area contributed by atoms with E-state index in [9.17, 15) is 20.2 Å². The lowest BCUT2D eigenvalue weighted by Gasteiger charge is -2.00. The Balaban J connectivity index is 1.67. The lowest BCUT2D eigenvalue weighted by Crippen LogP contribution is -2.11. The minimum Gasteiger partial charge on any atom is -0.390 e. The summed E-state index contributed by atoms with van der Waals surface area (Å²) in [7, 11) is 0. The summed E-state index contributed by atoms with van der Waals surface area (Å²) in [6.45, 7) is 1.13. The summed E-state index contributed by atoms with van der Waals surface area (Å²) >= 11 is 0. The van der Waals surface area contributed by atoms with E-state index in [4.69, 9.17) is 4.74 Å². The highest BCUT2D eigenvalue weighted by Crippen LogP contribution is 2.00. The third-order valence-electron chi connectivity index (χ3n) is 2.30. The number of nitrogens with zero attached hydrogens (tertiary/aromatic N) is 8. The maximum absolute atomic E-state index is 10.4. The van der Waals surface area contributed by atoms with Gasteiger partial charge < -0.3 is 25.0 Å². The van der Waals surface area contributed by atoms with Gasteiger partial charge in [-0.05, 0) is 9.85 Å². The molecule has 2 rings (SSSR count). The third-order valence-corrected chi connectivity index (χ3v) is 2.30. The Morgan fingerprint density at radius 2 is 1.38 bits per heavy atom. The second kappa shape index (κ2) is 6.47. The fraction of sp³-hybridized carbons (Fsp3) is 0.500. The largest absolute Gasteiger partial charge is 0.490 e. The molecule has 2 aromatic heterocycles. The Labute approximate surface area is 116 Å². The van der Waals surface area contributed by atoms with E-state index in [1.807, 2.05) is 0 Å². The van der Waals surface area contributed by atoms with Crippen LogP contribution in [0.15, 0.2) is 12.7 Å². The Hall–Kier alpha value is -2.96. The van der Waals surface area contributed by atoms with Crippen molar-refractivity contribution >= 4 is 11.9 Å². The molecular weight excluding hydrogens is 288 g/mol. The van der Waals surface area contributed by atoms with Gasteiger partial charge in [-0.2, -0.15) is 9.36 Å². The average Bonchev–Trinajstić information content (AvgIpc) is 3.06. The molecule has 0 saturated heterocycles. The summed E-state index contributed by atoms with van der Waals surface area (Å²) in [5.74, 6) is -0.935. The highest BCUT2D eigenvalue weighted by atomic mass is 16.6. The quantitative estimate of drug-likeness (QED) is 0.352. The zero-order chi connectivity index (χ0) is 15.2. The molecule has 13 nitrogen and oxygen atoms in total. The van der Waals surface area contributed by atoms with Crippen molar-refractivity contribution in [3.8, 4) is 0 Å². The highest BCUT2D eigenvalue weighted by molar-refractivity contribution is 4.97. The molecule has 0 aliphatic carbocycles. The minimum absolute atomic E-state index is 0.261. The molecule has 112 valence electrons. The Kier molecular flexibility index (Phi) is 4.45. The fourth-order valence-corrected chi connectivity index (χ4v) is 1.37. The van der Waals surface area contributed by atoms with Crippen LogP contribution in [0, 0.1) is 20.2 Å². The van der Waals surface area contributed by atoms with Crippen LogP contribution in [0.4, 0.5) is 11.9 Å². The summed E-state index contributed by atoms with van der Waals surface area (Å²) < 4.78 is 7.84. The van der Waals surface area contributed by atoms with Crippen molar-refractivity contribution in [2.75, 3.05) is 13.2 Å². The standard InChI is InChI=1S/C8H10N8O5/c17-15(18)7-9-5-13(11-7)1-3-21-4-2-14-6-10-8(12-14)16(19)20/h5-6H,1-4H2. The molecule has 0 atom stereocenters. The van der Waals surface area contributed by atoms with Crippen LogP contribution in [0.3, 0.4) is 0 Å². The first-order chi connectivity index (χ1) is 10.1. The number of hydrogen-bond acceptors (Lipinski definition) is 9. The first-order valence-electron chi connectivity index (χ1n) is 5.71. The van der Waals surface area contributed by atoms with Gasteiger partial charge in [-0.15, -0.1) is 0 Å². The zero-order valence-corrected chi connectivity index (χ0v) is 10.6. The van der Waals surface area contributed by atoms with E-state index in [1.54, 1.807) is 0 Å². The predicted octanol–water partition coefficient (Wildman–Crippen LogP) is -0.597. The van der Waals surface area contributed by atoms with E-state index < -0.39 is 21.7 Å². The van der Waals surface area contributed by atoms with Crippen LogP contribution in [-0.4, -0.2) is 52.6 Å². The van der Waals surface area contributed by atoms with Gasteiger partial charge in [-0.1, -0.05) is 9.97 Å². The third kappa shape index (κ3) is 4.00. The van der Waals surface area contributed by atoms with Gasteiger partial charge in [0.1, 0.15) is 0 Å². The molecular formula is C8H10N8O5. The Morgan fingerprint density at radius 3 is 1.71 bits per heavy atom. The summed E-state index contributed by atoms with van der Waals surface area (Å²) in [4.78, 5) is 26.4. The Morgan fingerprint density at radius 1 is 0.952 bits per heavy atom. The van der Waals surface area contributed by atoms with E-state index in [-0.39, 0.29) is 13.2 Å².